The number of ether oxygens (including phenoxy) is 2. The highest BCUT2D eigenvalue weighted by Crippen LogP contribution is 2.27. The van der Waals surface area contributed by atoms with Crippen LogP contribution in [0.4, 0.5) is 5.69 Å². The van der Waals surface area contributed by atoms with Crippen LogP contribution in [0.5, 0.6) is 11.5 Å². The molecule has 0 heterocycles. The van der Waals surface area contributed by atoms with Gasteiger partial charge in [0.15, 0.2) is 13.1 Å². The van der Waals surface area contributed by atoms with E-state index in [2.05, 4.69) is 5.32 Å². The lowest BCUT2D eigenvalue weighted by Crippen LogP contribution is -3.11. The van der Waals surface area contributed by atoms with Crippen molar-refractivity contribution in [1.29, 1.82) is 0 Å². The number of quaternary nitrogens is 1. The van der Waals surface area contributed by atoms with E-state index in [9.17, 15) is 9.59 Å². The molecule has 2 aromatic carbocycles. The summed E-state index contributed by atoms with van der Waals surface area (Å²) in [5.74, 6) is 1.02. The molecule has 2 N–H and O–H groups in total. The lowest BCUT2D eigenvalue weighted by Gasteiger charge is -2.20. The van der Waals surface area contributed by atoms with E-state index in [0.717, 1.165) is 16.2 Å². The Bertz CT molecular complexity index is 842. The van der Waals surface area contributed by atoms with E-state index < -0.39 is 0 Å². The van der Waals surface area contributed by atoms with Crippen molar-refractivity contribution >= 4 is 29.1 Å². The summed E-state index contributed by atoms with van der Waals surface area (Å²) in [6, 6.07) is 12.6. The molecule has 0 saturated heterocycles. The van der Waals surface area contributed by atoms with Crippen molar-refractivity contribution in [3.63, 3.8) is 0 Å². The predicted molar refractivity (Wildman–Crippen MR) is 113 cm³/mol. The normalized spacial score (nSPS) is 11.5. The summed E-state index contributed by atoms with van der Waals surface area (Å²) >= 11 is 5.98. The molecule has 0 fully saturated rings. The van der Waals surface area contributed by atoms with E-state index in [0.29, 0.717) is 23.0 Å². The Morgan fingerprint density at radius 3 is 2.38 bits per heavy atom. The van der Waals surface area contributed by atoms with Crippen LogP contribution in [0.2, 0.25) is 5.02 Å². The Kier molecular flexibility index (Phi) is 8.30. The fourth-order valence-corrected chi connectivity index (χ4v) is 2.97. The van der Waals surface area contributed by atoms with E-state index in [1.807, 2.05) is 24.3 Å². The highest BCUT2D eigenvalue weighted by molar-refractivity contribution is 6.31. The summed E-state index contributed by atoms with van der Waals surface area (Å²) < 4.78 is 10.4. The zero-order chi connectivity index (χ0) is 21.4. The number of carbonyl (C=O) groups is 2. The van der Waals surface area contributed by atoms with Crippen LogP contribution in [-0.4, -0.2) is 58.1 Å². The number of nitrogens with zero attached hydrogens (tertiary/aromatic N) is 1. The maximum absolute atomic E-state index is 12.5. The third-order valence-corrected chi connectivity index (χ3v) is 4.59. The zero-order valence-corrected chi connectivity index (χ0v) is 17.9. The van der Waals surface area contributed by atoms with Crippen molar-refractivity contribution in [1.82, 2.24) is 4.90 Å². The first-order valence-electron chi connectivity index (χ1n) is 9.14. The number of benzene rings is 2. The molecule has 0 aliphatic heterocycles. The number of hydrogen-bond donors (Lipinski definition) is 2. The summed E-state index contributed by atoms with van der Waals surface area (Å²) in [5.41, 5.74) is 1.51. The van der Waals surface area contributed by atoms with Crippen LogP contribution in [0, 0.1) is 0 Å². The van der Waals surface area contributed by atoms with Crippen molar-refractivity contribution in [2.24, 2.45) is 0 Å². The van der Waals surface area contributed by atoms with Crippen molar-refractivity contribution in [3.05, 3.63) is 53.1 Å². The Balaban J connectivity index is 1.85. The summed E-state index contributed by atoms with van der Waals surface area (Å²) in [4.78, 5) is 27.2. The second kappa shape index (κ2) is 10.7. The fourth-order valence-electron chi connectivity index (χ4n) is 2.79. The van der Waals surface area contributed by atoms with Gasteiger partial charge in [0.25, 0.3) is 11.8 Å². The number of likely N-dealkylation sites (N-methyl/N-ethyl adjacent to an activating group) is 2. The summed E-state index contributed by atoms with van der Waals surface area (Å²) in [7, 11) is 6.68. The smallest absolute Gasteiger partial charge is 0.279 e. The van der Waals surface area contributed by atoms with Crippen molar-refractivity contribution in [2.75, 3.05) is 46.7 Å². The van der Waals surface area contributed by atoms with Gasteiger partial charge in [-0.1, -0.05) is 23.7 Å². The number of hydrogen-bond acceptors (Lipinski definition) is 4. The Morgan fingerprint density at radius 1 is 1.07 bits per heavy atom. The monoisotopic (exact) mass is 420 g/mol. The molecule has 0 aliphatic carbocycles. The molecule has 0 saturated carbocycles. The molecule has 0 aliphatic rings. The average molecular weight is 421 g/mol. The average Bonchev–Trinajstić information content (AvgIpc) is 2.68. The Morgan fingerprint density at radius 2 is 1.76 bits per heavy atom. The highest BCUT2D eigenvalue weighted by Gasteiger charge is 2.18. The molecule has 2 rings (SSSR count). The van der Waals surface area contributed by atoms with Gasteiger partial charge < -0.3 is 24.6 Å². The molecule has 1 atom stereocenters. The third kappa shape index (κ3) is 6.96. The van der Waals surface area contributed by atoms with E-state index in [1.165, 1.54) is 7.11 Å². The second-order valence-corrected chi connectivity index (χ2v) is 7.24. The summed E-state index contributed by atoms with van der Waals surface area (Å²) in [6.45, 7) is 0.826. The van der Waals surface area contributed by atoms with Crippen LogP contribution in [0.15, 0.2) is 42.5 Å². The molecule has 1 unspecified atom stereocenters. The lowest BCUT2D eigenvalue weighted by atomic mass is 10.2. The lowest BCUT2D eigenvalue weighted by molar-refractivity contribution is -0.862. The van der Waals surface area contributed by atoms with Crippen LogP contribution in [0.3, 0.4) is 0 Å². The number of amides is 2. The predicted octanol–water partition coefficient (Wildman–Crippen LogP) is 1.47. The Labute approximate surface area is 176 Å². The Hall–Kier alpha value is -2.77. The van der Waals surface area contributed by atoms with Gasteiger partial charge in [0, 0.05) is 18.6 Å². The van der Waals surface area contributed by atoms with Gasteiger partial charge in [0.05, 0.1) is 27.0 Å². The highest BCUT2D eigenvalue weighted by atomic mass is 35.5. The van der Waals surface area contributed by atoms with Crippen LogP contribution in [-0.2, 0) is 16.1 Å². The van der Waals surface area contributed by atoms with E-state index in [-0.39, 0.29) is 24.9 Å². The molecule has 29 heavy (non-hydrogen) atoms. The molecule has 156 valence electrons. The van der Waals surface area contributed by atoms with Gasteiger partial charge in [-0.15, -0.1) is 0 Å². The van der Waals surface area contributed by atoms with Crippen molar-refractivity contribution in [2.45, 2.75) is 6.54 Å². The largest absolute Gasteiger partial charge is 0.497 e. The molecule has 0 aromatic heterocycles. The molecule has 2 aromatic rings. The van der Waals surface area contributed by atoms with Gasteiger partial charge in [-0.05, 0) is 35.9 Å². The maximum Gasteiger partial charge on any atom is 0.279 e. The van der Waals surface area contributed by atoms with Crippen molar-refractivity contribution < 1.29 is 24.0 Å². The number of carbonyl (C=O) groups excluding carboxylic acids is 2. The van der Waals surface area contributed by atoms with Gasteiger partial charge in [0.2, 0.25) is 0 Å². The van der Waals surface area contributed by atoms with Gasteiger partial charge >= 0.3 is 0 Å². The van der Waals surface area contributed by atoms with Gasteiger partial charge in [-0.2, -0.15) is 0 Å². The van der Waals surface area contributed by atoms with Crippen LogP contribution in [0.1, 0.15) is 5.56 Å². The standard InChI is InChI=1S/C21H26ClN3O4/c1-24(13-20(26)23-18-11-16(22)7-10-19(18)29-4)14-21(27)25(2)12-15-5-8-17(28-3)9-6-15/h5-11H,12-14H2,1-4H3,(H,23,26)/p+1. The van der Waals surface area contributed by atoms with Gasteiger partial charge in [0.1, 0.15) is 11.5 Å². The van der Waals surface area contributed by atoms with E-state index in [4.69, 9.17) is 21.1 Å². The quantitative estimate of drug-likeness (QED) is 0.644. The molecule has 2 amide bonds. The van der Waals surface area contributed by atoms with Gasteiger partial charge in [-0.25, -0.2) is 0 Å². The number of anilines is 1. The number of methoxy groups -OCH3 is 2. The second-order valence-electron chi connectivity index (χ2n) is 6.80. The third-order valence-electron chi connectivity index (χ3n) is 4.36. The van der Waals surface area contributed by atoms with Crippen LogP contribution >= 0.6 is 11.6 Å². The summed E-state index contributed by atoms with van der Waals surface area (Å²) in [6.07, 6.45) is 0. The topological polar surface area (TPSA) is 72.3 Å². The number of rotatable bonds is 9. The molecule has 0 radical (unpaired) electrons. The van der Waals surface area contributed by atoms with Crippen LogP contribution in [0.25, 0.3) is 0 Å². The zero-order valence-electron chi connectivity index (χ0n) is 17.1. The first-order chi connectivity index (χ1) is 13.8. The molecule has 8 heteroatoms. The number of halogens is 1. The SMILES string of the molecule is COc1ccc(CN(C)C(=O)C[NH+](C)CC(=O)Nc2cc(Cl)ccc2OC)cc1. The van der Waals surface area contributed by atoms with Gasteiger partial charge in [-0.3, -0.25) is 9.59 Å². The minimum absolute atomic E-state index is 0.0496. The first kappa shape index (κ1) is 22.5. The molecular weight excluding hydrogens is 394 g/mol. The molecular formula is C21H27ClN3O4+. The molecule has 0 spiro atoms. The van der Waals surface area contributed by atoms with E-state index in [1.54, 1.807) is 44.3 Å². The fraction of sp³-hybridized carbons (Fsp3) is 0.333. The molecule has 0 bridgehead atoms. The minimum Gasteiger partial charge on any atom is -0.497 e. The van der Waals surface area contributed by atoms with E-state index >= 15 is 0 Å². The maximum atomic E-state index is 12.5. The summed E-state index contributed by atoms with van der Waals surface area (Å²) in [5, 5.41) is 3.28. The minimum atomic E-state index is -0.228. The first-order valence-corrected chi connectivity index (χ1v) is 9.51. The molecule has 7 nitrogen and oxygen atoms in total. The van der Waals surface area contributed by atoms with Crippen LogP contribution < -0.4 is 19.7 Å². The number of nitrogens with one attached hydrogen (secondary N) is 2. The van der Waals surface area contributed by atoms with Crippen molar-refractivity contribution in [3.8, 4) is 11.5 Å².